The molecule has 1 aliphatic heterocycles. The van der Waals surface area contributed by atoms with Crippen LogP contribution in [0.2, 0.25) is 0 Å². The summed E-state index contributed by atoms with van der Waals surface area (Å²) in [5, 5.41) is 23.1. The van der Waals surface area contributed by atoms with Crippen LogP contribution >= 0.6 is 7.60 Å². The maximum absolute atomic E-state index is 13.6. The Labute approximate surface area is 179 Å². The number of benzene rings is 1. The molecule has 0 spiro atoms. The first kappa shape index (κ1) is 22.1. The highest BCUT2D eigenvalue weighted by Gasteiger charge is 2.44. The Bertz CT molecular complexity index is 1230. The molecule has 0 aliphatic carbocycles. The molecule has 14 heteroatoms. The number of hydrogen-bond donors (Lipinski definition) is 5. The summed E-state index contributed by atoms with van der Waals surface area (Å²) in [6.07, 6.45) is -3.38. The van der Waals surface area contributed by atoms with E-state index in [2.05, 4.69) is 20.3 Å². The number of ether oxygens (including phenoxy) is 1. The maximum Gasteiger partial charge on any atom is 0.384 e. The summed E-state index contributed by atoms with van der Waals surface area (Å²) in [6.45, 7) is 0. The number of carbonyl (C=O) groups excluding carboxylic acids is 1. The van der Waals surface area contributed by atoms with Crippen LogP contribution in [-0.2, 0) is 9.30 Å². The first-order chi connectivity index (χ1) is 15.2. The third-order valence-corrected chi connectivity index (χ3v) is 5.46. The van der Waals surface area contributed by atoms with E-state index in [0.29, 0.717) is 11.6 Å². The standard InChI is InChI=1S/C18H17FN5O7P/c19-11(32(28,29)30)6-10-13(25)14(26)18(31-10)24-8-22-12-15(20-7-21-16(12)24)23-17(27)9-4-2-1-3-5-9/h1-8,10,13-14,18,25-26H,(H2,28,29,30)(H,20,21,23,27)/t10-,13-,14-,18-/m1/s1. The fourth-order valence-electron chi connectivity index (χ4n) is 3.18. The number of carbonyl (C=O) groups is 1. The van der Waals surface area contributed by atoms with Gasteiger partial charge in [0.05, 0.1) is 6.33 Å². The number of aliphatic hydroxyl groups excluding tert-OH is 2. The van der Waals surface area contributed by atoms with Gasteiger partial charge in [-0.1, -0.05) is 18.2 Å². The van der Waals surface area contributed by atoms with Gasteiger partial charge < -0.3 is 30.1 Å². The van der Waals surface area contributed by atoms with Crippen molar-refractivity contribution in [3.05, 3.63) is 60.2 Å². The molecule has 1 fully saturated rings. The van der Waals surface area contributed by atoms with Crippen molar-refractivity contribution < 1.29 is 38.5 Å². The van der Waals surface area contributed by atoms with Gasteiger partial charge in [0, 0.05) is 5.56 Å². The lowest BCUT2D eigenvalue weighted by Crippen LogP contribution is -2.30. The monoisotopic (exact) mass is 465 g/mol. The van der Waals surface area contributed by atoms with E-state index in [-0.39, 0.29) is 17.0 Å². The van der Waals surface area contributed by atoms with Crippen molar-refractivity contribution in [1.29, 1.82) is 0 Å². The summed E-state index contributed by atoms with van der Waals surface area (Å²) in [4.78, 5) is 42.4. The minimum atomic E-state index is -5.18. The minimum absolute atomic E-state index is 0.0830. The van der Waals surface area contributed by atoms with Crippen LogP contribution in [0.5, 0.6) is 0 Å². The zero-order valence-electron chi connectivity index (χ0n) is 16.1. The van der Waals surface area contributed by atoms with Gasteiger partial charge in [-0.25, -0.2) is 15.0 Å². The van der Waals surface area contributed by atoms with Crippen molar-refractivity contribution in [3.8, 4) is 0 Å². The van der Waals surface area contributed by atoms with E-state index >= 15 is 0 Å². The van der Waals surface area contributed by atoms with Gasteiger partial charge in [-0.2, -0.15) is 4.39 Å². The van der Waals surface area contributed by atoms with E-state index < -0.39 is 43.6 Å². The zero-order valence-corrected chi connectivity index (χ0v) is 17.0. The number of anilines is 1. The van der Waals surface area contributed by atoms with Crippen LogP contribution in [0.15, 0.2) is 54.6 Å². The summed E-state index contributed by atoms with van der Waals surface area (Å²) in [5.74, 6) is -0.356. The zero-order chi connectivity index (χ0) is 23.0. The van der Waals surface area contributed by atoms with E-state index in [4.69, 9.17) is 14.5 Å². The molecule has 0 unspecified atom stereocenters. The Balaban J connectivity index is 1.63. The quantitative estimate of drug-likeness (QED) is 0.336. The molecule has 3 aromatic rings. The maximum atomic E-state index is 13.6. The molecule has 1 amide bonds. The number of nitrogens with zero attached hydrogens (tertiary/aromatic N) is 4. The first-order valence-electron chi connectivity index (χ1n) is 9.16. The molecule has 1 aliphatic rings. The van der Waals surface area contributed by atoms with Crippen molar-refractivity contribution in [2.45, 2.75) is 24.5 Å². The summed E-state index contributed by atoms with van der Waals surface area (Å²) in [6, 6.07) is 8.38. The van der Waals surface area contributed by atoms with Gasteiger partial charge in [0.2, 0.25) is 5.57 Å². The van der Waals surface area contributed by atoms with Gasteiger partial charge in [-0.3, -0.25) is 13.9 Å². The molecule has 5 N–H and O–H groups in total. The number of imidazole rings is 1. The van der Waals surface area contributed by atoms with E-state index in [1.807, 2.05) is 0 Å². The number of aliphatic hydroxyl groups is 2. The molecule has 168 valence electrons. The average molecular weight is 465 g/mol. The van der Waals surface area contributed by atoms with Crippen LogP contribution in [-0.4, -0.2) is 63.7 Å². The molecule has 0 bridgehead atoms. The van der Waals surface area contributed by atoms with Crippen LogP contribution < -0.4 is 5.32 Å². The Hall–Kier alpha value is -3.06. The molecule has 2 aromatic heterocycles. The molecule has 0 radical (unpaired) electrons. The average Bonchev–Trinajstić information content (AvgIpc) is 3.31. The summed E-state index contributed by atoms with van der Waals surface area (Å²) < 4.78 is 31.3. The number of hydrogen-bond acceptors (Lipinski definition) is 8. The fourth-order valence-corrected chi connectivity index (χ4v) is 3.53. The Morgan fingerprint density at radius 2 is 1.88 bits per heavy atom. The fraction of sp³-hybridized carbons (Fsp3) is 0.222. The van der Waals surface area contributed by atoms with Crippen molar-refractivity contribution in [2.24, 2.45) is 0 Å². The second-order valence-corrected chi connectivity index (χ2v) is 8.39. The molecule has 4 rings (SSSR count). The predicted octanol–water partition coefficient (Wildman–Crippen LogP) is 0.686. The molecular formula is C18H17FN5O7P. The van der Waals surface area contributed by atoms with Crippen LogP contribution in [0.3, 0.4) is 0 Å². The van der Waals surface area contributed by atoms with E-state index in [1.165, 1.54) is 10.9 Å². The Kier molecular flexibility index (Phi) is 5.86. The second kappa shape index (κ2) is 8.47. The topological polar surface area (TPSA) is 180 Å². The Morgan fingerprint density at radius 3 is 2.56 bits per heavy atom. The van der Waals surface area contributed by atoms with Gasteiger partial charge in [-0.05, 0) is 18.2 Å². The number of aromatic nitrogens is 4. The molecule has 3 heterocycles. The van der Waals surface area contributed by atoms with Gasteiger partial charge in [-0.15, -0.1) is 0 Å². The lowest BCUT2D eigenvalue weighted by atomic mass is 10.1. The number of rotatable bonds is 5. The van der Waals surface area contributed by atoms with Crippen LogP contribution in [0.4, 0.5) is 10.2 Å². The molecule has 1 saturated heterocycles. The normalized spacial score (nSPS) is 24.1. The van der Waals surface area contributed by atoms with Crippen molar-refractivity contribution in [3.63, 3.8) is 0 Å². The molecule has 0 saturated carbocycles. The van der Waals surface area contributed by atoms with Crippen LogP contribution in [0.1, 0.15) is 16.6 Å². The van der Waals surface area contributed by atoms with E-state index in [0.717, 1.165) is 6.33 Å². The van der Waals surface area contributed by atoms with Crippen molar-refractivity contribution >= 4 is 30.5 Å². The summed E-state index contributed by atoms with van der Waals surface area (Å²) in [7, 11) is -5.18. The second-order valence-electron chi connectivity index (χ2n) is 6.87. The lowest BCUT2D eigenvalue weighted by molar-refractivity contribution is -0.0246. The SMILES string of the molecule is O=C(Nc1ncnc2c1ncn2[C@@H]1O[C@H](C=C(F)P(=O)(O)O)[C@@H](O)[C@H]1O)c1ccccc1. The molecular weight excluding hydrogens is 448 g/mol. The minimum Gasteiger partial charge on any atom is -0.387 e. The third kappa shape index (κ3) is 4.17. The predicted molar refractivity (Wildman–Crippen MR) is 107 cm³/mol. The van der Waals surface area contributed by atoms with Crippen LogP contribution in [0, 0.1) is 0 Å². The highest BCUT2D eigenvalue weighted by molar-refractivity contribution is 7.56. The van der Waals surface area contributed by atoms with Gasteiger partial charge in [0.15, 0.2) is 23.2 Å². The first-order valence-corrected chi connectivity index (χ1v) is 10.8. The van der Waals surface area contributed by atoms with Gasteiger partial charge in [0.25, 0.3) is 5.91 Å². The number of amides is 1. The number of nitrogens with one attached hydrogen (secondary N) is 1. The number of fused-ring (bicyclic) bond motifs is 1. The summed E-state index contributed by atoms with van der Waals surface area (Å²) >= 11 is 0. The summed E-state index contributed by atoms with van der Waals surface area (Å²) in [5.41, 5.74) is -1.13. The van der Waals surface area contributed by atoms with Crippen molar-refractivity contribution in [1.82, 2.24) is 19.5 Å². The molecule has 1 aromatic carbocycles. The highest BCUT2D eigenvalue weighted by Crippen LogP contribution is 2.47. The lowest BCUT2D eigenvalue weighted by Gasteiger charge is -2.16. The van der Waals surface area contributed by atoms with Crippen LogP contribution in [0.25, 0.3) is 11.2 Å². The van der Waals surface area contributed by atoms with E-state index in [1.54, 1.807) is 30.3 Å². The van der Waals surface area contributed by atoms with E-state index in [9.17, 15) is 24.0 Å². The Morgan fingerprint density at radius 1 is 1.16 bits per heavy atom. The molecule has 32 heavy (non-hydrogen) atoms. The highest BCUT2D eigenvalue weighted by atomic mass is 31.2. The van der Waals surface area contributed by atoms with Gasteiger partial charge >= 0.3 is 7.60 Å². The van der Waals surface area contributed by atoms with Gasteiger partial charge in [0.1, 0.15) is 24.6 Å². The molecule has 12 nitrogen and oxygen atoms in total. The number of halogens is 1. The molecule has 4 atom stereocenters. The van der Waals surface area contributed by atoms with Crippen molar-refractivity contribution in [2.75, 3.05) is 5.32 Å². The largest absolute Gasteiger partial charge is 0.387 e. The third-order valence-electron chi connectivity index (χ3n) is 4.76. The smallest absolute Gasteiger partial charge is 0.384 e.